The first kappa shape index (κ1) is 40.7. The molecule has 1 aliphatic heterocycles. The fourth-order valence-corrected chi connectivity index (χ4v) is 12.6. The molecule has 1 fully saturated rings. The average Bonchev–Trinajstić information content (AvgIpc) is 3.01. The lowest BCUT2D eigenvalue weighted by atomic mass is 9.84. The van der Waals surface area contributed by atoms with Gasteiger partial charge in [-0.25, -0.2) is 0 Å². The van der Waals surface area contributed by atoms with Gasteiger partial charge in [-0.15, -0.1) is 5.54 Å². The molecule has 0 radical (unpaired) electrons. The van der Waals surface area contributed by atoms with Crippen LogP contribution in [0, 0.1) is 11.5 Å². The topological polar surface area (TPSA) is 135 Å². The number of halogens is 1. The van der Waals surface area contributed by atoms with E-state index in [1.807, 2.05) is 30.3 Å². The summed E-state index contributed by atoms with van der Waals surface area (Å²) in [4.78, 5) is 49.0. The number of rotatable bonds is 11. The molecule has 1 aliphatic rings. The zero-order valence-electron chi connectivity index (χ0n) is 30.4. The van der Waals surface area contributed by atoms with Crippen LogP contribution in [0.2, 0.25) is 21.6 Å². The van der Waals surface area contributed by atoms with Gasteiger partial charge in [-0.2, -0.15) is 0 Å². The molecule has 1 saturated heterocycles. The average molecular weight is 729 g/mol. The molecule has 0 spiro atoms. The molecule has 2 aromatic rings. The van der Waals surface area contributed by atoms with Crippen LogP contribution in [0.15, 0.2) is 48.5 Å². The molecule has 1 unspecified atom stereocenters. The summed E-state index contributed by atoms with van der Waals surface area (Å²) in [5.41, 5.74) is 6.39. The van der Waals surface area contributed by atoms with Gasteiger partial charge in [0.2, 0.25) is 11.9 Å². The van der Waals surface area contributed by atoms with Crippen molar-refractivity contribution in [2.45, 2.75) is 122 Å². The molecule has 1 N–H and O–H groups in total. The second kappa shape index (κ2) is 17.0. The highest BCUT2D eigenvalue weighted by molar-refractivity contribution is 6.90. The van der Waals surface area contributed by atoms with Gasteiger partial charge >= 0.3 is 23.9 Å². The third-order valence-electron chi connectivity index (χ3n) is 9.21. The number of aliphatic hydroxyl groups is 1. The third-order valence-corrected chi connectivity index (χ3v) is 15.9. The minimum atomic E-state index is -2.52. The van der Waals surface area contributed by atoms with Gasteiger partial charge in [0.25, 0.3) is 0 Å². The molecule has 2 aromatic carbocycles. The highest BCUT2D eigenvalue weighted by atomic mass is 35.5. The Morgan fingerprint density at radius 2 is 1.36 bits per heavy atom. The van der Waals surface area contributed by atoms with Crippen LogP contribution in [0.4, 0.5) is 0 Å². The normalized spacial score (nSPS) is 22.7. The van der Waals surface area contributed by atoms with Crippen LogP contribution in [0.1, 0.15) is 91.8 Å². The smallest absolute Gasteiger partial charge is 0.303 e. The largest absolute Gasteiger partial charge is 0.463 e. The van der Waals surface area contributed by atoms with Gasteiger partial charge in [-0.05, 0) is 39.9 Å². The van der Waals surface area contributed by atoms with E-state index in [4.69, 9.17) is 35.3 Å². The van der Waals surface area contributed by atoms with E-state index in [0.29, 0.717) is 27.2 Å². The number of hydrogen-bond acceptors (Lipinski definition) is 10. The van der Waals surface area contributed by atoms with Crippen LogP contribution in [0.25, 0.3) is 0 Å². The lowest BCUT2D eigenvalue weighted by Gasteiger charge is -2.48. The monoisotopic (exact) mass is 728 g/mol. The number of hydrogen-bond donors (Lipinski definition) is 1. The van der Waals surface area contributed by atoms with Crippen LogP contribution in [-0.2, 0) is 48.6 Å². The highest BCUT2D eigenvalue weighted by Gasteiger charge is 2.60. The summed E-state index contributed by atoms with van der Waals surface area (Å²) < 4.78 is 28.1. The van der Waals surface area contributed by atoms with Gasteiger partial charge < -0.3 is 28.8 Å². The van der Waals surface area contributed by atoms with E-state index in [1.165, 1.54) is 13.0 Å². The Bertz CT molecular complexity index is 1580. The number of esters is 4. The van der Waals surface area contributed by atoms with Gasteiger partial charge in [0, 0.05) is 38.3 Å². The van der Waals surface area contributed by atoms with Gasteiger partial charge in [0.15, 0.2) is 12.2 Å². The maximum atomic E-state index is 12.5. The molecule has 0 aliphatic carbocycles. The Balaban J connectivity index is 2.34. The van der Waals surface area contributed by atoms with Crippen molar-refractivity contribution >= 4 is 43.6 Å². The van der Waals surface area contributed by atoms with E-state index < -0.39 is 74.7 Å². The lowest BCUT2D eigenvalue weighted by Crippen LogP contribution is -2.66. The Morgan fingerprint density at radius 1 is 0.820 bits per heavy atom. The van der Waals surface area contributed by atoms with Crippen LogP contribution in [0.5, 0.6) is 0 Å². The second-order valence-electron chi connectivity index (χ2n) is 13.6. The molecule has 10 nitrogen and oxygen atoms in total. The Labute approximate surface area is 301 Å². The van der Waals surface area contributed by atoms with Crippen molar-refractivity contribution in [3.8, 4) is 11.5 Å². The minimum absolute atomic E-state index is 0.0808. The first-order valence-electron chi connectivity index (χ1n) is 16.8. The van der Waals surface area contributed by atoms with E-state index in [9.17, 15) is 24.3 Å². The summed E-state index contributed by atoms with van der Waals surface area (Å²) in [6.07, 6.45) is -6.10. The maximum Gasteiger partial charge on any atom is 0.303 e. The Kier molecular flexibility index (Phi) is 13.9. The van der Waals surface area contributed by atoms with Crippen LogP contribution >= 0.6 is 11.6 Å². The predicted molar refractivity (Wildman–Crippen MR) is 191 cm³/mol. The predicted octanol–water partition coefficient (Wildman–Crippen LogP) is 6.60. The summed E-state index contributed by atoms with van der Waals surface area (Å²) >= 11 is 6.93. The van der Waals surface area contributed by atoms with Gasteiger partial charge in [-0.1, -0.05) is 95.5 Å². The van der Waals surface area contributed by atoms with E-state index >= 15 is 0 Å². The van der Waals surface area contributed by atoms with Crippen molar-refractivity contribution in [2.75, 3.05) is 6.61 Å². The molecular weight excluding hydrogens is 680 g/mol. The molecule has 1 heterocycles. The summed E-state index contributed by atoms with van der Waals surface area (Å²) in [5, 5.41) is 12.9. The van der Waals surface area contributed by atoms with E-state index in [2.05, 4.69) is 53.0 Å². The van der Waals surface area contributed by atoms with Crippen molar-refractivity contribution in [3.63, 3.8) is 0 Å². The molecule has 3 rings (SSSR count). The van der Waals surface area contributed by atoms with E-state index in [1.54, 1.807) is 12.1 Å². The van der Waals surface area contributed by atoms with E-state index in [-0.39, 0.29) is 5.56 Å². The maximum absolute atomic E-state index is 12.5. The molecular formula is C38H49ClO10Si. The summed E-state index contributed by atoms with van der Waals surface area (Å²) in [7, 11) is -2.20. The van der Waals surface area contributed by atoms with Crippen molar-refractivity contribution < 1.29 is 48.0 Å². The quantitative estimate of drug-likeness (QED) is 0.117. The molecule has 272 valence electrons. The minimum Gasteiger partial charge on any atom is -0.463 e. The van der Waals surface area contributed by atoms with Crippen molar-refractivity contribution in [2.24, 2.45) is 0 Å². The molecule has 50 heavy (non-hydrogen) atoms. The van der Waals surface area contributed by atoms with Crippen LogP contribution < -0.4 is 0 Å². The number of ether oxygens (including phenoxy) is 5. The van der Waals surface area contributed by atoms with E-state index in [0.717, 1.165) is 26.3 Å². The highest BCUT2D eigenvalue weighted by Crippen LogP contribution is 2.44. The summed E-state index contributed by atoms with van der Waals surface area (Å²) in [6, 6.07) is 14.3. The third kappa shape index (κ3) is 9.15. The van der Waals surface area contributed by atoms with Crippen molar-refractivity contribution in [1.82, 2.24) is 0 Å². The zero-order chi connectivity index (χ0) is 37.6. The molecule has 0 amide bonds. The molecule has 12 heteroatoms. The molecule has 0 saturated carbocycles. The van der Waals surface area contributed by atoms with Crippen molar-refractivity contribution in [1.29, 1.82) is 0 Å². The fourth-order valence-electron chi connectivity index (χ4n) is 7.12. The number of carbonyl (C=O) groups excluding carboxylic acids is 4. The van der Waals surface area contributed by atoms with Crippen LogP contribution in [0.3, 0.4) is 0 Å². The fraction of sp³-hybridized carbons (Fsp3) is 0.526. The first-order valence-corrected chi connectivity index (χ1v) is 19.4. The zero-order valence-corrected chi connectivity index (χ0v) is 32.2. The molecule has 0 bridgehead atoms. The lowest BCUT2D eigenvalue weighted by molar-refractivity contribution is -0.360. The number of carbonyl (C=O) groups is 4. The van der Waals surface area contributed by atoms with Crippen molar-refractivity contribution in [3.05, 3.63) is 70.2 Å². The number of benzene rings is 2. The van der Waals surface area contributed by atoms with Gasteiger partial charge in [0.1, 0.15) is 20.8 Å². The Hall–Kier alpha value is -3.69. The SMILES string of the molecule is CC(=O)OC[C@H]1O[C@](O)(c2ccc(Cl)c(C(C#C[Si](C(C)C)(C(C)C)C(C)C)c3ccccc3)c2)[C@H](OC(C)=O)[C@@H](OC(C)=O)[C@@H]1OC(C)=O. The molecule has 6 atom stereocenters. The van der Waals surface area contributed by atoms with Crippen LogP contribution in [-0.4, -0.2) is 68.1 Å². The standard InChI is InChI=1S/C38H49ClO10Si/c1-22(2)50(23(3)4,24(5)6)19-18-31(29-14-12-11-13-15-29)32-20-30(16-17-33(32)39)38(44)37(48-28(10)43)36(47-27(9)42)35(46-26(8)41)34(49-38)21-45-25(7)40/h11-17,20,22-24,31,34-37,44H,21H2,1-10H3/t31?,34-,35-,36+,37-,38-/m1/s1. The molecule has 0 aromatic heterocycles. The van der Waals surface area contributed by atoms with Gasteiger partial charge in [-0.3, -0.25) is 19.2 Å². The Morgan fingerprint density at radius 3 is 1.86 bits per heavy atom. The van der Waals surface area contributed by atoms with Gasteiger partial charge in [0.05, 0.1) is 5.92 Å². The summed E-state index contributed by atoms with van der Waals surface area (Å²) in [5.74, 6) is -2.57. The summed E-state index contributed by atoms with van der Waals surface area (Å²) in [6.45, 7) is 17.4. The second-order valence-corrected chi connectivity index (χ2v) is 19.6. The first-order chi connectivity index (χ1) is 23.3.